The zero-order valence-corrected chi connectivity index (χ0v) is 14.0. The summed E-state index contributed by atoms with van der Waals surface area (Å²) in [6.45, 7) is 1.39. The van der Waals surface area contributed by atoms with Gasteiger partial charge in [0.15, 0.2) is 11.5 Å². The zero-order valence-electron chi connectivity index (χ0n) is 14.0. The molecule has 126 valence electrons. The molecule has 1 aliphatic carbocycles. The summed E-state index contributed by atoms with van der Waals surface area (Å²) < 4.78 is 16.2. The Morgan fingerprint density at radius 2 is 1.96 bits per heavy atom. The number of nitrogens with zero attached hydrogens (tertiary/aromatic N) is 1. The van der Waals surface area contributed by atoms with Crippen LogP contribution < -0.4 is 9.47 Å². The summed E-state index contributed by atoms with van der Waals surface area (Å²) >= 11 is 0. The molecule has 0 bridgehead atoms. The minimum absolute atomic E-state index is 0.0674. The molecular weight excluding hydrogens is 306 g/mol. The third-order valence-corrected chi connectivity index (χ3v) is 5.05. The first-order chi connectivity index (χ1) is 11.7. The summed E-state index contributed by atoms with van der Waals surface area (Å²) in [4.78, 5) is 14.7. The fourth-order valence-corrected chi connectivity index (χ4v) is 3.59. The van der Waals surface area contributed by atoms with Crippen molar-refractivity contribution in [3.8, 4) is 11.5 Å². The third kappa shape index (κ3) is 2.54. The van der Waals surface area contributed by atoms with Crippen molar-refractivity contribution in [1.82, 2.24) is 4.90 Å². The molecule has 2 aliphatic rings. The molecule has 1 aliphatic heterocycles. The smallest absolute Gasteiger partial charge is 0.226 e. The molecule has 2 atom stereocenters. The lowest BCUT2D eigenvalue weighted by Crippen LogP contribution is -2.37. The molecule has 1 aromatic carbocycles. The number of hydrogen-bond acceptors (Lipinski definition) is 4. The standard InChI is InChI=1S/C19H21NO4/c1-22-17-8-12-5-6-20(11-13(12)9-18(17)23-2)19(21)15-10-14(15)16-4-3-7-24-16/h3-4,7-9,14-15H,5-6,10-11H2,1-2H3. The Labute approximate surface area is 141 Å². The van der Waals surface area contributed by atoms with E-state index < -0.39 is 0 Å². The van der Waals surface area contributed by atoms with Gasteiger partial charge in [-0.2, -0.15) is 0 Å². The molecule has 1 fully saturated rings. The third-order valence-electron chi connectivity index (χ3n) is 5.05. The van der Waals surface area contributed by atoms with Crippen LogP contribution in [0.15, 0.2) is 34.9 Å². The number of ether oxygens (including phenoxy) is 2. The van der Waals surface area contributed by atoms with Crippen molar-refractivity contribution in [3.05, 3.63) is 47.4 Å². The number of hydrogen-bond donors (Lipinski definition) is 0. The number of benzene rings is 1. The molecule has 2 unspecified atom stereocenters. The van der Waals surface area contributed by atoms with E-state index in [0.717, 1.165) is 36.5 Å². The molecule has 0 N–H and O–H groups in total. The summed E-state index contributed by atoms with van der Waals surface area (Å²) in [5, 5.41) is 0. The SMILES string of the molecule is COc1cc2c(cc1OC)CN(C(=O)C1CC1c1ccco1)CC2. The maximum Gasteiger partial charge on any atom is 0.226 e. The largest absolute Gasteiger partial charge is 0.493 e. The van der Waals surface area contributed by atoms with Crippen molar-refractivity contribution in [3.63, 3.8) is 0 Å². The number of carbonyl (C=O) groups is 1. The van der Waals surface area contributed by atoms with E-state index in [1.165, 1.54) is 5.56 Å². The Hall–Kier alpha value is -2.43. The van der Waals surface area contributed by atoms with Crippen molar-refractivity contribution in [2.24, 2.45) is 5.92 Å². The van der Waals surface area contributed by atoms with Crippen LogP contribution in [0.2, 0.25) is 0 Å². The molecule has 2 heterocycles. The average Bonchev–Trinajstić information content (AvgIpc) is 3.23. The maximum atomic E-state index is 12.8. The molecule has 1 aromatic heterocycles. The topological polar surface area (TPSA) is 51.9 Å². The van der Waals surface area contributed by atoms with Crippen LogP contribution in [0.3, 0.4) is 0 Å². The van der Waals surface area contributed by atoms with E-state index >= 15 is 0 Å². The van der Waals surface area contributed by atoms with E-state index in [2.05, 4.69) is 0 Å². The van der Waals surface area contributed by atoms with Gasteiger partial charge in [-0.1, -0.05) is 0 Å². The lowest BCUT2D eigenvalue weighted by atomic mass is 9.98. The fraction of sp³-hybridized carbons (Fsp3) is 0.421. The van der Waals surface area contributed by atoms with Gasteiger partial charge in [-0.15, -0.1) is 0 Å². The van der Waals surface area contributed by atoms with Crippen LogP contribution in [0.5, 0.6) is 11.5 Å². The summed E-state index contributed by atoms with van der Waals surface area (Å²) in [7, 11) is 3.28. The molecule has 5 heteroatoms. The molecule has 0 radical (unpaired) electrons. The molecule has 5 nitrogen and oxygen atoms in total. The second kappa shape index (κ2) is 5.89. The Morgan fingerprint density at radius 1 is 1.21 bits per heavy atom. The first kappa shape index (κ1) is 15.1. The van der Waals surface area contributed by atoms with Gasteiger partial charge in [0, 0.05) is 24.9 Å². The second-order valence-electron chi connectivity index (χ2n) is 6.45. The number of amides is 1. The highest BCUT2D eigenvalue weighted by Crippen LogP contribution is 2.49. The number of fused-ring (bicyclic) bond motifs is 1. The van der Waals surface area contributed by atoms with E-state index in [1.807, 2.05) is 29.2 Å². The summed E-state index contributed by atoms with van der Waals surface area (Å²) in [6, 6.07) is 7.86. The number of furan rings is 1. The normalized spacial score (nSPS) is 22.0. The average molecular weight is 327 g/mol. The lowest BCUT2D eigenvalue weighted by Gasteiger charge is -2.30. The molecule has 24 heavy (non-hydrogen) atoms. The Kier molecular flexibility index (Phi) is 3.71. The van der Waals surface area contributed by atoms with Crippen LogP contribution in [0, 0.1) is 5.92 Å². The van der Waals surface area contributed by atoms with Crippen LogP contribution in [0.25, 0.3) is 0 Å². The second-order valence-corrected chi connectivity index (χ2v) is 6.45. The molecule has 0 spiro atoms. The van der Waals surface area contributed by atoms with Gasteiger partial charge < -0.3 is 18.8 Å². The van der Waals surface area contributed by atoms with Crippen LogP contribution in [0.4, 0.5) is 0 Å². The minimum atomic E-state index is 0.0674. The highest BCUT2D eigenvalue weighted by Gasteiger charge is 2.47. The molecule has 0 saturated heterocycles. The molecule has 1 saturated carbocycles. The van der Waals surface area contributed by atoms with Gasteiger partial charge in [0.25, 0.3) is 0 Å². The minimum Gasteiger partial charge on any atom is -0.493 e. The Bertz CT molecular complexity index is 753. The van der Waals surface area contributed by atoms with Gasteiger partial charge >= 0.3 is 0 Å². The summed E-state index contributed by atoms with van der Waals surface area (Å²) in [5.74, 6) is 2.94. The van der Waals surface area contributed by atoms with Crippen molar-refractivity contribution in [2.45, 2.75) is 25.3 Å². The van der Waals surface area contributed by atoms with Gasteiger partial charge in [-0.05, 0) is 48.2 Å². The van der Waals surface area contributed by atoms with E-state index in [9.17, 15) is 4.79 Å². The highest BCUT2D eigenvalue weighted by molar-refractivity contribution is 5.83. The fourth-order valence-electron chi connectivity index (χ4n) is 3.59. The predicted octanol–water partition coefficient (Wildman–Crippen LogP) is 2.99. The number of rotatable bonds is 4. The van der Waals surface area contributed by atoms with E-state index in [-0.39, 0.29) is 17.7 Å². The van der Waals surface area contributed by atoms with Gasteiger partial charge in [-0.25, -0.2) is 0 Å². The molecule has 4 rings (SSSR count). The van der Waals surface area contributed by atoms with Gasteiger partial charge in [0.2, 0.25) is 5.91 Å². The van der Waals surface area contributed by atoms with Gasteiger partial charge in [0.05, 0.1) is 20.5 Å². The Morgan fingerprint density at radius 3 is 2.62 bits per heavy atom. The van der Waals surface area contributed by atoms with E-state index in [0.29, 0.717) is 12.3 Å². The first-order valence-electron chi connectivity index (χ1n) is 8.27. The monoisotopic (exact) mass is 327 g/mol. The van der Waals surface area contributed by atoms with E-state index in [4.69, 9.17) is 13.9 Å². The van der Waals surface area contributed by atoms with Crippen molar-refractivity contribution in [2.75, 3.05) is 20.8 Å². The van der Waals surface area contributed by atoms with Crippen LogP contribution in [-0.2, 0) is 17.8 Å². The number of carbonyl (C=O) groups excluding carboxylic acids is 1. The number of methoxy groups -OCH3 is 2. The quantitative estimate of drug-likeness (QED) is 0.866. The molecule has 1 amide bonds. The zero-order chi connectivity index (χ0) is 16.7. The van der Waals surface area contributed by atoms with Crippen LogP contribution >= 0.6 is 0 Å². The van der Waals surface area contributed by atoms with Gasteiger partial charge in [-0.3, -0.25) is 4.79 Å². The highest BCUT2D eigenvalue weighted by atomic mass is 16.5. The predicted molar refractivity (Wildman–Crippen MR) is 88.2 cm³/mol. The lowest BCUT2D eigenvalue weighted by molar-refractivity contribution is -0.133. The first-order valence-corrected chi connectivity index (χ1v) is 8.27. The Balaban J connectivity index is 1.49. The van der Waals surface area contributed by atoms with E-state index in [1.54, 1.807) is 20.5 Å². The van der Waals surface area contributed by atoms with Crippen molar-refractivity contribution >= 4 is 5.91 Å². The van der Waals surface area contributed by atoms with Crippen LogP contribution in [-0.4, -0.2) is 31.6 Å². The van der Waals surface area contributed by atoms with Crippen LogP contribution in [0.1, 0.15) is 29.2 Å². The summed E-state index contributed by atoms with van der Waals surface area (Å²) in [6.07, 6.45) is 3.41. The van der Waals surface area contributed by atoms with Crippen molar-refractivity contribution < 1.29 is 18.7 Å². The molecular formula is C19H21NO4. The van der Waals surface area contributed by atoms with Crippen molar-refractivity contribution in [1.29, 1.82) is 0 Å². The van der Waals surface area contributed by atoms with Gasteiger partial charge in [0.1, 0.15) is 5.76 Å². The maximum absolute atomic E-state index is 12.8. The molecule has 2 aromatic rings. The summed E-state index contributed by atoms with van der Waals surface area (Å²) in [5.41, 5.74) is 2.37.